The van der Waals surface area contributed by atoms with Crippen LogP contribution in [0.1, 0.15) is 36.5 Å². The van der Waals surface area contributed by atoms with Crippen LogP contribution < -0.4 is 16.6 Å². The number of carbonyl (C=O) groups excluding carboxylic acids is 1. The highest BCUT2D eigenvalue weighted by Crippen LogP contribution is 2.29. The zero-order valence-corrected chi connectivity index (χ0v) is 10.6. The minimum Gasteiger partial charge on any atom is -0.352 e. The fourth-order valence-corrected chi connectivity index (χ4v) is 2.50. The van der Waals surface area contributed by atoms with Crippen LogP contribution in [-0.4, -0.2) is 17.4 Å². The van der Waals surface area contributed by atoms with Gasteiger partial charge >= 0.3 is 0 Å². The molecule has 2 atom stereocenters. The number of hydrazine groups is 1. The summed E-state index contributed by atoms with van der Waals surface area (Å²) in [5.74, 6) is 7.11. The molecule has 5 nitrogen and oxygen atoms in total. The lowest BCUT2D eigenvalue weighted by molar-refractivity contribution is 0.0947. The zero-order valence-electron chi connectivity index (χ0n) is 10.6. The molecule has 1 aromatic rings. The Morgan fingerprint density at radius 2 is 2.39 bits per heavy atom. The lowest BCUT2D eigenvalue weighted by Crippen LogP contribution is -2.28. The Bertz CT molecular complexity index is 421. The lowest BCUT2D eigenvalue weighted by atomic mass is 10.1. The third-order valence-corrected chi connectivity index (χ3v) is 3.52. The zero-order chi connectivity index (χ0) is 13.0. The SMILES string of the molecule is CC1CCC(CNC(=O)c2ccnc(NN)c2)C1. The van der Waals surface area contributed by atoms with Crippen molar-refractivity contribution in [1.29, 1.82) is 0 Å². The maximum Gasteiger partial charge on any atom is 0.251 e. The molecule has 1 aromatic heterocycles. The van der Waals surface area contributed by atoms with E-state index in [2.05, 4.69) is 22.7 Å². The molecule has 4 N–H and O–H groups in total. The van der Waals surface area contributed by atoms with Crippen molar-refractivity contribution < 1.29 is 4.79 Å². The number of carbonyl (C=O) groups is 1. The van der Waals surface area contributed by atoms with Crippen molar-refractivity contribution in [2.45, 2.75) is 26.2 Å². The molecule has 1 saturated carbocycles. The van der Waals surface area contributed by atoms with Crippen LogP contribution in [0, 0.1) is 11.8 Å². The van der Waals surface area contributed by atoms with E-state index in [4.69, 9.17) is 5.84 Å². The molecule has 0 spiro atoms. The minimum absolute atomic E-state index is 0.0616. The molecule has 0 aliphatic heterocycles. The molecule has 2 rings (SSSR count). The molecule has 98 valence electrons. The van der Waals surface area contributed by atoms with Gasteiger partial charge < -0.3 is 10.7 Å². The second-order valence-electron chi connectivity index (χ2n) is 5.07. The molecule has 1 heterocycles. The summed E-state index contributed by atoms with van der Waals surface area (Å²) in [6.07, 6.45) is 5.28. The van der Waals surface area contributed by atoms with E-state index in [0.29, 0.717) is 17.3 Å². The number of pyridine rings is 1. The van der Waals surface area contributed by atoms with E-state index in [1.807, 2.05) is 0 Å². The summed E-state index contributed by atoms with van der Waals surface area (Å²) in [6, 6.07) is 3.33. The number of nitrogens with zero attached hydrogens (tertiary/aromatic N) is 1. The minimum atomic E-state index is -0.0616. The highest BCUT2D eigenvalue weighted by molar-refractivity contribution is 5.94. The Hall–Kier alpha value is -1.62. The molecule has 0 saturated heterocycles. The average molecular weight is 248 g/mol. The number of nitrogens with two attached hydrogens (primary N) is 1. The van der Waals surface area contributed by atoms with Crippen LogP contribution >= 0.6 is 0 Å². The molecule has 1 aliphatic rings. The van der Waals surface area contributed by atoms with E-state index in [1.165, 1.54) is 19.3 Å². The summed E-state index contributed by atoms with van der Waals surface area (Å²) in [5.41, 5.74) is 3.02. The van der Waals surface area contributed by atoms with Crippen molar-refractivity contribution in [3.05, 3.63) is 23.9 Å². The highest BCUT2D eigenvalue weighted by Gasteiger charge is 2.21. The molecule has 5 heteroatoms. The Labute approximate surface area is 107 Å². The fourth-order valence-electron chi connectivity index (χ4n) is 2.50. The number of nitrogen functional groups attached to an aromatic ring is 1. The van der Waals surface area contributed by atoms with Gasteiger partial charge in [0.05, 0.1) is 0 Å². The van der Waals surface area contributed by atoms with Gasteiger partial charge in [0.15, 0.2) is 0 Å². The van der Waals surface area contributed by atoms with E-state index in [9.17, 15) is 4.79 Å². The second-order valence-corrected chi connectivity index (χ2v) is 5.07. The molecule has 2 unspecified atom stereocenters. The smallest absolute Gasteiger partial charge is 0.251 e. The van der Waals surface area contributed by atoms with Gasteiger partial charge in [-0.05, 0) is 36.8 Å². The summed E-state index contributed by atoms with van der Waals surface area (Å²) in [6.45, 7) is 3.03. The maximum absolute atomic E-state index is 11.9. The van der Waals surface area contributed by atoms with Crippen LogP contribution in [0.3, 0.4) is 0 Å². The molecule has 0 bridgehead atoms. The molecular weight excluding hydrogens is 228 g/mol. The predicted molar refractivity (Wildman–Crippen MR) is 70.9 cm³/mol. The average Bonchev–Trinajstić information content (AvgIpc) is 2.82. The van der Waals surface area contributed by atoms with E-state index >= 15 is 0 Å². The van der Waals surface area contributed by atoms with Crippen LogP contribution in [0.2, 0.25) is 0 Å². The van der Waals surface area contributed by atoms with Gasteiger partial charge in [0.1, 0.15) is 5.82 Å². The first-order valence-corrected chi connectivity index (χ1v) is 6.40. The number of hydrogen-bond donors (Lipinski definition) is 3. The van der Waals surface area contributed by atoms with Gasteiger partial charge in [0, 0.05) is 18.3 Å². The topological polar surface area (TPSA) is 80.0 Å². The summed E-state index contributed by atoms with van der Waals surface area (Å²) < 4.78 is 0. The Morgan fingerprint density at radius 3 is 3.06 bits per heavy atom. The Kier molecular flexibility index (Phi) is 4.15. The van der Waals surface area contributed by atoms with Crippen LogP contribution in [0.15, 0.2) is 18.3 Å². The third kappa shape index (κ3) is 3.20. The maximum atomic E-state index is 11.9. The third-order valence-electron chi connectivity index (χ3n) is 3.52. The quantitative estimate of drug-likeness (QED) is 0.557. The molecule has 1 amide bonds. The summed E-state index contributed by atoms with van der Waals surface area (Å²) in [4.78, 5) is 15.9. The number of amides is 1. The summed E-state index contributed by atoms with van der Waals surface area (Å²) >= 11 is 0. The highest BCUT2D eigenvalue weighted by atomic mass is 16.1. The summed E-state index contributed by atoms with van der Waals surface area (Å²) in [5, 5.41) is 2.98. The van der Waals surface area contributed by atoms with Gasteiger partial charge in [-0.15, -0.1) is 0 Å². The van der Waals surface area contributed by atoms with Gasteiger partial charge in [-0.3, -0.25) is 4.79 Å². The molecule has 0 radical (unpaired) electrons. The van der Waals surface area contributed by atoms with E-state index in [1.54, 1.807) is 18.3 Å². The summed E-state index contributed by atoms with van der Waals surface area (Å²) in [7, 11) is 0. The van der Waals surface area contributed by atoms with Gasteiger partial charge in [-0.25, -0.2) is 10.8 Å². The van der Waals surface area contributed by atoms with Crippen molar-refractivity contribution in [2.24, 2.45) is 17.7 Å². The largest absolute Gasteiger partial charge is 0.352 e. The lowest BCUT2D eigenvalue weighted by Gasteiger charge is -2.11. The fraction of sp³-hybridized carbons (Fsp3) is 0.538. The van der Waals surface area contributed by atoms with Crippen LogP contribution in [0.5, 0.6) is 0 Å². The molecule has 18 heavy (non-hydrogen) atoms. The standard InChI is InChI=1S/C13H20N4O/c1-9-2-3-10(6-9)8-16-13(18)11-4-5-15-12(7-11)17-14/h4-5,7,9-10H,2-3,6,8,14H2,1H3,(H,15,17)(H,16,18). The van der Waals surface area contributed by atoms with Crippen molar-refractivity contribution in [3.63, 3.8) is 0 Å². The second kappa shape index (κ2) is 5.82. The Morgan fingerprint density at radius 1 is 1.56 bits per heavy atom. The number of hydrogen-bond acceptors (Lipinski definition) is 4. The number of aromatic nitrogens is 1. The molecule has 1 aliphatic carbocycles. The van der Waals surface area contributed by atoms with E-state index < -0.39 is 0 Å². The van der Waals surface area contributed by atoms with Gasteiger partial charge in [-0.1, -0.05) is 13.3 Å². The normalized spacial score (nSPS) is 22.8. The number of rotatable bonds is 4. The van der Waals surface area contributed by atoms with Crippen molar-refractivity contribution >= 4 is 11.7 Å². The van der Waals surface area contributed by atoms with Crippen LogP contribution in [0.4, 0.5) is 5.82 Å². The van der Waals surface area contributed by atoms with Crippen molar-refractivity contribution in [3.8, 4) is 0 Å². The van der Waals surface area contributed by atoms with E-state index in [0.717, 1.165) is 12.5 Å². The number of anilines is 1. The first-order chi connectivity index (χ1) is 8.69. The van der Waals surface area contributed by atoms with Crippen molar-refractivity contribution in [1.82, 2.24) is 10.3 Å². The van der Waals surface area contributed by atoms with Gasteiger partial charge in [0.25, 0.3) is 5.91 Å². The van der Waals surface area contributed by atoms with E-state index in [-0.39, 0.29) is 5.91 Å². The monoisotopic (exact) mass is 248 g/mol. The van der Waals surface area contributed by atoms with Crippen molar-refractivity contribution in [2.75, 3.05) is 12.0 Å². The molecule has 1 fully saturated rings. The van der Waals surface area contributed by atoms with Gasteiger partial charge in [0.2, 0.25) is 0 Å². The first kappa shape index (κ1) is 12.8. The first-order valence-electron chi connectivity index (χ1n) is 6.40. The molecular formula is C13H20N4O. The van der Waals surface area contributed by atoms with Gasteiger partial charge in [-0.2, -0.15) is 0 Å². The number of nitrogens with one attached hydrogen (secondary N) is 2. The Balaban J connectivity index is 1.87. The molecule has 0 aromatic carbocycles. The predicted octanol–water partition coefficient (Wildman–Crippen LogP) is 1.53. The van der Waals surface area contributed by atoms with Crippen LogP contribution in [0.25, 0.3) is 0 Å². The van der Waals surface area contributed by atoms with Crippen LogP contribution in [-0.2, 0) is 0 Å².